The van der Waals surface area contributed by atoms with E-state index in [-0.39, 0.29) is 5.91 Å². The Morgan fingerprint density at radius 1 is 1.15 bits per heavy atom. The summed E-state index contributed by atoms with van der Waals surface area (Å²) in [6.07, 6.45) is 7.63. The molecule has 0 saturated heterocycles. The van der Waals surface area contributed by atoms with Crippen molar-refractivity contribution in [3.8, 4) is 5.69 Å². The van der Waals surface area contributed by atoms with Crippen LogP contribution in [0.25, 0.3) is 5.69 Å². The van der Waals surface area contributed by atoms with E-state index in [4.69, 9.17) is 0 Å². The van der Waals surface area contributed by atoms with Crippen LogP contribution in [0.1, 0.15) is 46.0 Å². The van der Waals surface area contributed by atoms with Crippen LogP contribution in [0.4, 0.5) is 0 Å². The highest BCUT2D eigenvalue weighted by Crippen LogP contribution is 2.21. The lowest BCUT2D eigenvalue weighted by atomic mass is 9.95. The molecule has 1 N–H and O–H groups in total. The molecule has 0 atom stereocenters. The Kier molecular flexibility index (Phi) is 4.43. The van der Waals surface area contributed by atoms with Crippen molar-refractivity contribution < 1.29 is 4.79 Å². The molecule has 2 aromatic heterocycles. The van der Waals surface area contributed by atoms with Crippen molar-refractivity contribution in [3.05, 3.63) is 65.3 Å². The molecular formula is C19H20N6O. The molecule has 4 rings (SSSR count). The number of carbonyl (C=O) groups is 1. The van der Waals surface area contributed by atoms with Crippen molar-refractivity contribution in [1.82, 2.24) is 30.0 Å². The van der Waals surface area contributed by atoms with E-state index in [2.05, 4.69) is 25.5 Å². The van der Waals surface area contributed by atoms with Crippen LogP contribution in [-0.2, 0) is 19.4 Å². The Balaban J connectivity index is 1.48. The van der Waals surface area contributed by atoms with Gasteiger partial charge in [-0.05, 0) is 56.4 Å². The predicted molar refractivity (Wildman–Crippen MR) is 95.9 cm³/mol. The minimum absolute atomic E-state index is 0.154. The van der Waals surface area contributed by atoms with Gasteiger partial charge in [-0.1, -0.05) is 6.07 Å². The first-order valence-electron chi connectivity index (χ1n) is 8.79. The average Bonchev–Trinajstić information content (AvgIpc) is 3.21. The van der Waals surface area contributed by atoms with E-state index in [0.29, 0.717) is 17.9 Å². The quantitative estimate of drug-likeness (QED) is 0.781. The fourth-order valence-electron chi connectivity index (χ4n) is 3.33. The van der Waals surface area contributed by atoms with Crippen LogP contribution in [0.3, 0.4) is 0 Å². The first-order valence-corrected chi connectivity index (χ1v) is 8.79. The Morgan fingerprint density at radius 3 is 2.81 bits per heavy atom. The lowest BCUT2D eigenvalue weighted by Crippen LogP contribution is -2.25. The zero-order valence-electron chi connectivity index (χ0n) is 14.6. The van der Waals surface area contributed by atoms with Gasteiger partial charge in [0.15, 0.2) is 0 Å². The average molecular weight is 348 g/mol. The number of aryl methyl sites for hydroxylation is 2. The third-order valence-corrected chi connectivity index (χ3v) is 4.67. The molecule has 0 unspecified atom stereocenters. The molecule has 1 aliphatic rings. The van der Waals surface area contributed by atoms with Crippen LogP contribution in [0, 0.1) is 6.92 Å². The molecule has 7 nitrogen and oxygen atoms in total. The Hall–Kier alpha value is -3.09. The highest BCUT2D eigenvalue weighted by molar-refractivity contribution is 5.94. The van der Waals surface area contributed by atoms with Gasteiger partial charge in [0.25, 0.3) is 5.91 Å². The van der Waals surface area contributed by atoms with E-state index in [1.807, 2.05) is 19.1 Å². The summed E-state index contributed by atoms with van der Waals surface area (Å²) < 4.78 is 1.76. The summed E-state index contributed by atoms with van der Waals surface area (Å²) in [6.45, 7) is 2.35. The molecule has 0 fully saturated rings. The van der Waals surface area contributed by atoms with Crippen LogP contribution in [0.2, 0.25) is 0 Å². The fourth-order valence-corrected chi connectivity index (χ4v) is 3.33. The first kappa shape index (κ1) is 16.4. The summed E-state index contributed by atoms with van der Waals surface area (Å²) in [5.41, 5.74) is 4.87. The van der Waals surface area contributed by atoms with Gasteiger partial charge in [-0.3, -0.25) is 9.36 Å². The SMILES string of the molecule is Cc1nc(CNC(=O)c2cccc(-n3cnnc3)c2)nc2c1CCCC2. The van der Waals surface area contributed by atoms with Crippen LogP contribution in [0.15, 0.2) is 36.9 Å². The minimum Gasteiger partial charge on any atom is -0.345 e. The molecule has 1 amide bonds. The fraction of sp³-hybridized carbons (Fsp3) is 0.316. The third-order valence-electron chi connectivity index (χ3n) is 4.67. The van der Waals surface area contributed by atoms with Gasteiger partial charge < -0.3 is 5.32 Å². The second-order valence-corrected chi connectivity index (χ2v) is 6.46. The summed E-state index contributed by atoms with van der Waals surface area (Å²) in [4.78, 5) is 21.7. The maximum atomic E-state index is 12.5. The Labute approximate surface area is 151 Å². The van der Waals surface area contributed by atoms with Crippen molar-refractivity contribution >= 4 is 5.91 Å². The molecule has 1 aliphatic carbocycles. The number of nitrogens with one attached hydrogen (secondary N) is 1. The standard InChI is InChI=1S/C19H20N6O/c1-13-16-7-2-3-8-17(16)24-18(23-13)10-20-19(26)14-5-4-6-15(9-14)25-11-21-22-12-25/h4-6,9,11-12H,2-3,7-8,10H2,1H3,(H,20,26). The maximum Gasteiger partial charge on any atom is 0.251 e. The molecule has 3 aromatic rings. The van der Waals surface area contributed by atoms with Crippen molar-refractivity contribution in [2.45, 2.75) is 39.2 Å². The van der Waals surface area contributed by atoms with Gasteiger partial charge >= 0.3 is 0 Å². The van der Waals surface area contributed by atoms with Gasteiger partial charge in [0.2, 0.25) is 0 Å². The number of amides is 1. The van der Waals surface area contributed by atoms with Crippen LogP contribution >= 0.6 is 0 Å². The number of fused-ring (bicyclic) bond motifs is 1. The topological polar surface area (TPSA) is 85.6 Å². The van der Waals surface area contributed by atoms with Gasteiger partial charge in [-0.2, -0.15) is 0 Å². The number of hydrogen-bond acceptors (Lipinski definition) is 5. The minimum atomic E-state index is -0.154. The van der Waals surface area contributed by atoms with Gasteiger partial charge in [-0.15, -0.1) is 10.2 Å². The number of nitrogens with zero attached hydrogens (tertiary/aromatic N) is 5. The molecule has 7 heteroatoms. The molecule has 0 spiro atoms. The van der Waals surface area contributed by atoms with E-state index < -0.39 is 0 Å². The largest absolute Gasteiger partial charge is 0.345 e. The number of rotatable bonds is 4. The molecule has 1 aromatic carbocycles. The Bertz CT molecular complexity index is 935. The summed E-state index contributed by atoms with van der Waals surface area (Å²) >= 11 is 0. The molecule has 132 valence electrons. The predicted octanol–water partition coefficient (Wildman–Crippen LogP) is 2.17. The van der Waals surface area contributed by atoms with Crippen LogP contribution in [0.5, 0.6) is 0 Å². The van der Waals surface area contributed by atoms with E-state index in [1.165, 1.54) is 18.4 Å². The smallest absolute Gasteiger partial charge is 0.251 e. The molecule has 0 saturated carbocycles. The first-order chi connectivity index (χ1) is 12.7. The lowest BCUT2D eigenvalue weighted by Gasteiger charge is -2.17. The van der Waals surface area contributed by atoms with Crippen molar-refractivity contribution in [3.63, 3.8) is 0 Å². The van der Waals surface area contributed by atoms with Crippen LogP contribution < -0.4 is 5.32 Å². The van der Waals surface area contributed by atoms with Crippen molar-refractivity contribution in [1.29, 1.82) is 0 Å². The summed E-state index contributed by atoms with van der Waals surface area (Å²) in [6, 6.07) is 7.32. The van der Waals surface area contributed by atoms with E-state index in [0.717, 1.165) is 29.9 Å². The van der Waals surface area contributed by atoms with Crippen molar-refractivity contribution in [2.24, 2.45) is 0 Å². The number of hydrogen-bond donors (Lipinski definition) is 1. The van der Waals surface area contributed by atoms with Gasteiger partial charge in [0.05, 0.1) is 6.54 Å². The Morgan fingerprint density at radius 2 is 1.96 bits per heavy atom. The number of carbonyl (C=O) groups excluding carboxylic acids is 1. The van der Waals surface area contributed by atoms with Crippen LogP contribution in [-0.4, -0.2) is 30.6 Å². The molecule has 0 bridgehead atoms. The summed E-state index contributed by atoms with van der Waals surface area (Å²) in [5.74, 6) is 0.519. The molecule has 2 heterocycles. The third kappa shape index (κ3) is 3.33. The zero-order valence-corrected chi connectivity index (χ0v) is 14.6. The van der Waals surface area contributed by atoms with Gasteiger partial charge in [0, 0.05) is 22.6 Å². The lowest BCUT2D eigenvalue weighted by molar-refractivity contribution is 0.0949. The maximum absolute atomic E-state index is 12.5. The molecule has 0 radical (unpaired) electrons. The second kappa shape index (κ2) is 7.03. The summed E-state index contributed by atoms with van der Waals surface area (Å²) in [5, 5.41) is 10.5. The molecule has 26 heavy (non-hydrogen) atoms. The second-order valence-electron chi connectivity index (χ2n) is 6.46. The highest BCUT2D eigenvalue weighted by Gasteiger charge is 2.16. The van der Waals surface area contributed by atoms with E-state index in [1.54, 1.807) is 29.4 Å². The van der Waals surface area contributed by atoms with Crippen molar-refractivity contribution in [2.75, 3.05) is 0 Å². The van der Waals surface area contributed by atoms with Gasteiger partial charge in [0.1, 0.15) is 18.5 Å². The highest BCUT2D eigenvalue weighted by atomic mass is 16.1. The van der Waals surface area contributed by atoms with E-state index >= 15 is 0 Å². The zero-order chi connectivity index (χ0) is 17.9. The normalized spacial score (nSPS) is 13.3. The monoisotopic (exact) mass is 348 g/mol. The van der Waals surface area contributed by atoms with Gasteiger partial charge in [-0.25, -0.2) is 9.97 Å². The summed E-state index contributed by atoms with van der Waals surface area (Å²) in [7, 11) is 0. The number of aromatic nitrogens is 5. The molecular weight excluding hydrogens is 328 g/mol. The number of benzene rings is 1. The molecule has 0 aliphatic heterocycles. The van der Waals surface area contributed by atoms with E-state index in [9.17, 15) is 4.79 Å².